The molecule has 3 N–H and O–H groups in total. The SMILES string of the molecule is CN1CCC(NC(=O)c2cccc(C(F)(F)F)c2N)CC1. The van der Waals surface area contributed by atoms with Gasteiger partial charge in [0.05, 0.1) is 16.8 Å². The zero-order chi connectivity index (χ0) is 15.6. The zero-order valence-corrected chi connectivity index (χ0v) is 11.7. The molecule has 2 rings (SSSR count). The number of hydrogen-bond donors (Lipinski definition) is 2. The summed E-state index contributed by atoms with van der Waals surface area (Å²) in [4.78, 5) is 14.3. The van der Waals surface area contributed by atoms with E-state index in [0.717, 1.165) is 32.0 Å². The highest BCUT2D eigenvalue weighted by molar-refractivity contribution is 6.00. The minimum Gasteiger partial charge on any atom is -0.398 e. The maximum Gasteiger partial charge on any atom is 0.418 e. The third kappa shape index (κ3) is 3.66. The number of carbonyl (C=O) groups excluding carboxylic acids is 1. The van der Waals surface area contributed by atoms with Crippen LogP contribution in [0.4, 0.5) is 18.9 Å². The Kier molecular flexibility index (Phi) is 4.41. The fourth-order valence-corrected chi connectivity index (χ4v) is 2.43. The van der Waals surface area contributed by atoms with E-state index in [4.69, 9.17) is 5.73 Å². The molecule has 1 heterocycles. The number of para-hydroxylation sites is 1. The van der Waals surface area contributed by atoms with Crippen LogP contribution in [-0.4, -0.2) is 37.0 Å². The smallest absolute Gasteiger partial charge is 0.398 e. The second kappa shape index (κ2) is 5.93. The lowest BCUT2D eigenvalue weighted by molar-refractivity contribution is -0.136. The lowest BCUT2D eigenvalue weighted by Gasteiger charge is -2.29. The topological polar surface area (TPSA) is 58.4 Å². The van der Waals surface area contributed by atoms with E-state index in [-0.39, 0.29) is 11.6 Å². The van der Waals surface area contributed by atoms with Gasteiger partial charge in [-0.05, 0) is 45.1 Å². The predicted molar refractivity (Wildman–Crippen MR) is 73.8 cm³/mol. The van der Waals surface area contributed by atoms with Crippen LogP contribution < -0.4 is 11.1 Å². The van der Waals surface area contributed by atoms with E-state index in [1.807, 2.05) is 7.05 Å². The molecule has 0 aliphatic carbocycles. The molecule has 0 spiro atoms. The number of hydrogen-bond acceptors (Lipinski definition) is 3. The van der Waals surface area contributed by atoms with E-state index in [0.29, 0.717) is 0 Å². The molecule has 1 amide bonds. The largest absolute Gasteiger partial charge is 0.418 e. The van der Waals surface area contributed by atoms with Gasteiger partial charge in [0.2, 0.25) is 0 Å². The Morgan fingerprint density at radius 2 is 1.95 bits per heavy atom. The number of piperidine rings is 1. The van der Waals surface area contributed by atoms with Crippen molar-refractivity contribution >= 4 is 11.6 Å². The minimum absolute atomic E-state index is 0.0253. The number of rotatable bonds is 2. The first-order valence-electron chi connectivity index (χ1n) is 6.74. The summed E-state index contributed by atoms with van der Waals surface area (Å²) in [7, 11) is 1.99. The summed E-state index contributed by atoms with van der Waals surface area (Å²) in [6.07, 6.45) is -3.00. The fourth-order valence-electron chi connectivity index (χ4n) is 2.43. The van der Waals surface area contributed by atoms with Gasteiger partial charge in [0.25, 0.3) is 5.91 Å². The number of carbonyl (C=O) groups is 1. The first-order valence-corrected chi connectivity index (χ1v) is 6.74. The van der Waals surface area contributed by atoms with E-state index in [1.165, 1.54) is 12.1 Å². The van der Waals surface area contributed by atoms with Crippen molar-refractivity contribution in [2.75, 3.05) is 25.9 Å². The number of nitrogens with zero attached hydrogens (tertiary/aromatic N) is 1. The number of amides is 1. The molecule has 0 bridgehead atoms. The number of nitrogens with one attached hydrogen (secondary N) is 1. The van der Waals surface area contributed by atoms with E-state index >= 15 is 0 Å². The summed E-state index contributed by atoms with van der Waals surface area (Å²) in [5.41, 5.74) is 3.90. The minimum atomic E-state index is -4.56. The van der Waals surface area contributed by atoms with Gasteiger partial charge < -0.3 is 16.0 Å². The quantitative estimate of drug-likeness (QED) is 0.823. The number of nitrogens with two attached hydrogens (primary N) is 1. The standard InChI is InChI=1S/C14H18F3N3O/c1-20-7-5-9(6-8-20)19-13(21)10-3-2-4-11(12(10)18)14(15,16)17/h2-4,9H,5-8,18H2,1H3,(H,19,21). The molecule has 1 aromatic carbocycles. The predicted octanol–water partition coefficient (Wildman–Crippen LogP) is 2.11. The third-order valence-corrected chi connectivity index (χ3v) is 3.71. The molecule has 1 aliphatic heterocycles. The van der Waals surface area contributed by atoms with Crippen LogP contribution in [0.1, 0.15) is 28.8 Å². The van der Waals surface area contributed by atoms with Crippen molar-refractivity contribution < 1.29 is 18.0 Å². The van der Waals surface area contributed by atoms with Crippen LogP contribution in [-0.2, 0) is 6.18 Å². The van der Waals surface area contributed by atoms with Gasteiger partial charge in [-0.1, -0.05) is 6.07 Å². The summed E-state index contributed by atoms with van der Waals surface area (Å²) < 4.78 is 38.3. The van der Waals surface area contributed by atoms with Crippen molar-refractivity contribution in [2.45, 2.75) is 25.1 Å². The summed E-state index contributed by atoms with van der Waals surface area (Å²) in [5.74, 6) is -0.548. The number of halogens is 3. The van der Waals surface area contributed by atoms with Crippen LogP contribution >= 0.6 is 0 Å². The van der Waals surface area contributed by atoms with Crippen molar-refractivity contribution in [2.24, 2.45) is 0 Å². The molecule has 21 heavy (non-hydrogen) atoms. The van der Waals surface area contributed by atoms with Gasteiger partial charge in [0.1, 0.15) is 0 Å². The van der Waals surface area contributed by atoms with Crippen LogP contribution in [0.3, 0.4) is 0 Å². The molecule has 0 radical (unpaired) electrons. The second-order valence-corrected chi connectivity index (χ2v) is 5.32. The number of anilines is 1. The van der Waals surface area contributed by atoms with Crippen molar-refractivity contribution in [3.8, 4) is 0 Å². The number of nitrogen functional groups attached to an aromatic ring is 1. The Morgan fingerprint density at radius 1 is 1.33 bits per heavy atom. The summed E-state index contributed by atoms with van der Waals surface area (Å²) in [5, 5.41) is 2.76. The van der Waals surface area contributed by atoms with Gasteiger partial charge in [-0.25, -0.2) is 0 Å². The third-order valence-electron chi connectivity index (χ3n) is 3.71. The maximum atomic E-state index is 12.8. The van der Waals surface area contributed by atoms with Crippen molar-refractivity contribution in [1.82, 2.24) is 10.2 Å². The average Bonchev–Trinajstić information content (AvgIpc) is 2.40. The molecule has 0 saturated carbocycles. The molecule has 0 atom stereocenters. The first-order chi connectivity index (χ1) is 9.79. The monoisotopic (exact) mass is 301 g/mol. The average molecular weight is 301 g/mol. The number of likely N-dealkylation sites (tertiary alicyclic amines) is 1. The van der Waals surface area contributed by atoms with Crippen LogP contribution in [0, 0.1) is 0 Å². The van der Waals surface area contributed by atoms with Crippen molar-refractivity contribution in [1.29, 1.82) is 0 Å². The Balaban J connectivity index is 2.13. The van der Waals surface area contributed by atoms with Gasteiger partial charge in [0.15, 0.2) is 0 Å². The molecule has 1 aromatic rings. The van der Waals surface area contributed by atoms with Gasteiger partial charge in [-0.3, -0.25) is 4.79 Å². The van der Waals surface area contributed by atoms with E-state index in [2.05, 4.69) is 10.2 Å². The Labute approximate surface area is 121 Å². The maximum absolute atomic E-state index is 12.8. The van der Waals surface area contributed by atoms with E-state index in [9.17, 15) is 18.0 Å². The highest BCUT2D eigenvalue weighted by Crippen LogP contribution is 2.34. The van der Waals surface area contributed by atoms with Crippen LogP contribution in [0.2, 0.25) is 0 Å². The molecule has 116 valence electrons. The molecular weight excluding hydrogens is 283 g/mol. The normalized spacial score (nSPS) is 17.7. The van der Waals surface area contributed by atoms with Crippen LogP contribution in [0.5, 0.6) is 0 Å². The molecule has 1 fully saturated rings. The van der Waals surface area contributed by atoms with Gasteiger partial charge in [-0.2, -0.15) is 13.2 Å². The lowest BCUT2D eigenvalue weighted by atomic mass is 10.0. The zero-order valence-electron chi connectivity index (χ0n) is 11.7. The van der Waals surface area contributed by atoms with Crippen molar-refractivity contribution in [3.05, 3.63) is 29.3 Å². The Bertz CT molecular complexity index is 523. The molecule has 4 nitrogen and oxygen atoms in total. The lowest BCUT2D eigenvalue weighted by Crippen LogP contribution is -2.43. The van der Waals surface area contributed by atoms with Gasteiger partial charge in [0, 0.05) is 6.04 Å². The second-order valence-electron chi connectivity index (χ2n) is 5.32. The molecular formula is C14H18F3N3O. The molecule has 1 aliphatic rings. The van der Waals surface area contributed by atoms with Gasteiger partial charge in [-0.15, -0.1) is 0 Å². The highest BCUT2D eigenvalue weighted by atomic mass is 19.4. The summed E-state index contributed by atoms with van der Waals surface area (Å²) in [6, 6.07) is 3.36. The van der Waals surface area contributed by atoms with Crippen LogP contribution in [0.15, 0.2) is 18.2 Å². The molecule has 0 aromatic heterocycles. The highest BCUT2D eigenvalue weighted by Gasteiger charge is 2.34. The fraction of sp³-hybridized carbons (Fsp3) is 0.500. The van der Waals surface area contributed by atoms with Gasteiger partial charge >= 0.3 is 6.18 Å². The summed E-state index contributed by atoms with van der Waals surface area (Å²) >= 11 is 0. The Hall–Kier alpha value is -1.76. The van der Waals surface area contributed by atoms with E-state index < -0.39 is 23.3 Å². The molecule has 1 saturated heterocycles. The molecule has 0 unspecified atom stereocenters. The summed E-state index contributed by atoms with van der Waals surface area (Å²) in [6.45, 7) is 1.70. The van der Waals surface area contributed by atoms with Crippen molar-refractivity contribution in [3.63, 3.8) is 0 Å². The van der Waals surface area contributed by atoms with E-state index in [1.54, 1.807) is 0 Å². The number of benzene rings is 1. The number of alkyl halides is 3. The molecule has 7 heteroatoms. The first kappa shape index (κ1) is 15.6. The van der Waals surface area contributed by atoms with Crippen LogP contribution in [0.25, 0.3) is 0 Å². The Morgan fingerprint density at radius 3 is 2.52 bits per heavy atom.